The van der Waals surface area contributed by atoms with E-state index in [1.165, 1.54) is 6.08 Å². The van der Waals surface area contributed by atoms with Crippen molar-refractivity contribution in [2.75, 3.05) is 5.32 Å². The van der Waals surface area contributed by atoms with Crippen LogP contribution in [-0.2, 0) is 22.6 Å². The molecule has 0 unspecified atom stereocenters. The van der Waals surface area contributed by atoms with E-state index in [0.717, 1.165) is 21.3 Å². The molecule has 0 aliphatic carbocycles. The number of anilines is 1. The standard InChI is InChI=1S/C20H19BrN3O4P/c1-24-20(15-4-7-17(21)8-5-15)16(12-22-24)6-11-19(25)23-18-9-2-14(3-10-18)13-29(26,27)28/h2-12H,13H2,1H3,(H,23,25)(H2,26,27,28)/b11-6+. The van der Waals surface area contributed by atoms with Crippen LogP contribution in [0.15, 0.2) is 65.3 Å². The van der Waals surface area contributed by atoms with Crippen molar-refractivity contribution in [3.05, 3.63) is 76.4 Å². The van der Waals surface area contributed by atoms with Crippen LogP contribution in [0.1, 0.15) is 11.1 Å². The molecule has 0 bridgehead atoms. The largest absolute Gasteiger partial charge is 0.329 e. The van der Waals surface area contributed by atoms with Gasteiger partial charge in [-0.05, 0) is 35.9 Å². The number of carbonyl (C=O) groups excluding carboxylic acids is 1. The quantitative estimate of drug-likeness (QED) is 0.366. The third kappa shape index (κ3) is 5.98. The number of halogens is 1. The summed E-state index contributed by atoms with van der Waals surface area (Å²) in [5, 5.41) is 7.00. The van der Waals surface area contributed by atoms with Crippen LogP contribution in [0.2, 0.25) is 0 Å². The second kappa shape index (κ2) is 8.88. The molecule has 7 nitrogen and oxygen atoms in total. The van der Waals surface area contributed by atoms with Crippen molar-refractivity contribution in [3.63, 3.8) is 0 Å². The van der Waals surface area contributed by atoms with Gasteiger partial charge in [0, 0.05) is 34.4 Å². The van der Waals surface area contributed by atoms with Crippen molar-refractivity contribution in [2.24, 2.45) is 7.05 Å². The molecule has 0 atom stereocenters. The predicted octanol–water partition coefficient (Wildman–Crippen LogP) is 4.18. The zero-order valence-electron chi connectivity index (χ0n) is 15.5. The number of nitrogens with zero attached hydrogens (tertiary/aromatic N) is 2. The maximum Gasteiger partial charge on any atom is 0.329 e. The first-order chi connectivity index (χ1) is 13.7. The molecule has 150 valence electrons. The predicted molar refractivity (Wildman–Crippen MR) is 116 cm³/mol. The molecule has 1 aromatic heterocycles. The molecule has 0 aliphatic rings. The van der Waals surface area contributed by atoms with Crippen LogP contribution >= 0.6 is 23.5 Å². The van der Waals surface area contributed by atoms with Gasteiger partial charge in [-0.3, -0.25) is 14.0 Å². The minimum atomic E-state index is -4.12. The van der Waals surface area contributed by atoms with Crippen molar-refractivity contribution in [1.82, 2.24) is 9.78 Å². The summed E-state index contributed by atoms with van der Waals surface area (Å²) in [5.41, 5.74) is 3.72. The second-order valence-corrected chi connectivity index (χ2v) is 8.98. The van der Waals surface area contributed by atoms with Crippen LogP contribution in [-0.4, -0.2) is 25.5 Å². The molecule has 9 heteroatoms. The number of aryl methyl sites for hydroxylation is 1. The molecule has 0 fully saturated rings. The Morgan fingerprint density at radius 2 is 1.83 bits per heavy atom. The number of amides is 1. The van der Waals surface area contributed by atoms with E-state index in [9.17, 15) is 9.36 Å². The van der Waals surface area contributed by atoms with Crippen LogP contribution < -0.4 is 5.32 Å². The molecule has 3 rings (SSSR count). The van der Waals surface area contributed by atoms with Gasteiger partial charge in [0.15, 0.2) is 0 Å². The molecule has 1 heterocycles. The molecular weight excluding hydrogens is 457 g/mol. The van der Waals surface area contributed by atoms with E-state index < -0.39 is 7.60 Å². The minimum Gasteiger partial charge on any atom is -0.324 e. The molecule has 0 spiro atoms. The SMILES string of the molecule is Cn1ncc(/C=C/C(=O)Nc2ccc(CP(=O)(O)O)cc2)c1-c1ccc(Br)cc1. The van der Waals surface area contributed by atoms with Gasteiger partial charge in [0.05, 0.1) is 18.1 Å². The molecule has 0 saturated heterocycles. The van der Waals surface area contributed by atoms with Gasteiger partial charge >= 0.3 is 7.60 Å². The zero-order valence-corrected chi connectivity index (χ0v) is 18.0. The Morgan fingerprint density at radius 1 is 1.17 bits per heavy atom. The Balaban J connectivity index is 1.70. The summed E-state index contributed by atoms with van der Waals surface area (Å²) in [6.45, 7) is 0. The third-order valence-corrected chi connectivity index (χ3v) is 5.41. The summed E-state index contributed by atoms with van der Waals surface area (Å²) < 4.78 is 13.8. The average Bonchev–Trinajstić information content (AvgIpc) is 3.02. The first-order valence-electron chi connectivity index (χ1n) is 8.62. The van der Waals surface area contributed by atoms with Gasteiger partial charge in [-0.25, -0.2) is 0 Å². The van der Waals surface area contributed by atoms with E-state index in [1.54, 1.807) is 41.2 Å². The summed E-state index contributed by atoms with van der Waals surface area (Å²) in [4.78, 5) is 30.3. The van der Waals surface area contributed by atoms with Crippen LogP contribution in [0.4, 0.5) is 5.69 Å². The Bertz CT molecular complexity index is 1090. The molecule has 0 saturated carbocycles. The molecule has 2 aromatic carbocycles. The van der Waals surface area contributed by atoms with Gasteiger partial charge in [-0.15, -0.1) is 0 Å². The number of carbonyl (C=O) groups is 1. The topological polar surface area (TPSA) is 104 Å². The van der Waals surface area contributed by atoms with Gasteiger partial charge in [-0.1, -0.05) is 40.2 Å². The lowest BCUT2D eigenvalue weighted by Crippen LogP contribution is -2.07. The average molecular weight is 476 g/mol. The number of benzene rings is 2. The maximum absolute atomic E-state index is 12.2. The first kappa shape index (κ1) is 21.2. The normalized spacial score (nSPS) is 11.7. The van der Waals surface area contributed by atoms with Gasteiger partial charge in [0.25, 0.3) is 0 Å². The van der Waals surface area contributed by atoms with E-state index in [1.807, 2.05) is 31.3 Å². The first-order valence-corrected chi connectivity index (χ1v) is 11.2. The lowest BCUT2D eigenvalue weighted by atomic mass is 10.1. The highest BCUT2D eigenvalue weighted by atomic mass is 79.9. The van der Waals surface area contributed by atoms with Crippen LogP contribution in [0.5, 0.6) is 0 Å². The van der Waals surface area contributed by atoms with Gasteiger partial charge in [-0.2, -0.15) is 5.10 Å². The van der Waals surface area contributed by atoms with Gasteiger partial charge < -0.3 is 15.1 Å². The fourth-order valence-corrected chi connectivity index (χ4v) is 3.77. The van der Waals surface area contributed by atoms with E-state index in [4.69, 9.17) is 9.79 Å². The van der Waals surface area contributed by atoms with Crippen molar-refractivity contribution in [3.8, 4) is 11.3 Å². The summed E-state index contributed by atoms with van der Waals surface area (Å²) in [6, 6.07) is 14.2. The molecular formula is C20H19BrN3O4P. The van der Waals surface area contributed by atoms with Crippen molar-refractivity contribution in [1.29, 1.82) is 0 Å². The summed E-state index contributed by atoms with van der Waals surface area (Å²) >= 11 is 3.42. The van der Waals surface area contributed by atoms with Crippen molar-refractivity contribution in [2.45, 2.75) is 6.16 Å². The van der Waals surface area contributed by atoms with E-state index in [-0.39, 0.29) is 12.1 Å². The monoisotopic (exact) mass is 475 g/mol. The van der Waals surface area contributed by atoms with E-state index in [0.29, 0.717) is 11.3 Å². The van der Waals surface area contributed by atoms with Gasteiger partial charge in [0.2, 0.25) is 5.91 Å². The zero-order chi connectivity index (χ0) is 21.0. The fraction of sp³-hybridized carbons (Fsp3) is 0.100. The highest BCUT2D eigenvalue weighted by Gasteiger charge is 2.13. The molecule has 0 radical (unpaired) electrons. The molecule has 1 amide bonds. The Hall–Kier alpha value is -2.51. The Labute approximate surface area is 176 Å². The highest BCUT2D eigenvalue weighted by Crippen LogP contribution is 2.39. The number of aromatic nitrogens is 2. The number of hydrogen-bond acceptors (Lipinski definition) is 3. The van der Waals surface area contributed by atoms with E-state index in [2.05, 4.69) is 26.3 Å². The molecule has 3 N–H and O–H groups in total. The van der Waals surface area contributed by atoms with Crippen molar-refractivity contribution >= 4 is 41.2 Å². The Kier molecular flexibility index (Phi) is 6.49. The molecule has 0 aliphatic heterocycles. The minimum absolute atomic E-state index is 0.321. The van der Waals surface area contributed by atoms with Crippen LogP contribution in [0, 0.1) is 0 Å². The molecule has 29 heavy (non-hydrogen) atoms. The molecule has 3 aromatic rings. The van der Waals surface area contributed by atoms with Crippen molar-refractivity contribution < 1.29 is 19.1 Å². The Morgan fingerprint density at radius 3 is 2.45 bits per heavy atom. The lowest BCUT2D eigenvalue weighted by molar-refractivity contribution is -0.111. The van der Waals surface area contributed by atoms with Crippen LogP contribution in [0.3, 0.4) is 0 Å². The lowest BCUT2D eigenvalue weighted by Gasteiger charge is -2.06. The van der Waals surface area contributed by atoms with Crippen LogP contribution in [0.25, 0.3) is 17.3 Å². The second-order valence-electron chi connectivity index (χ2n) is 6.42. The number of hydrogen-bond donors (Lipinski definition) is 3. The fourth-order valence-electron chi connectivity index (χ4n) is 2.82. The van der Waals surface area contributed by atoms with E-state index >= 15 is 0 Å². The highest BCUT2D eigenvalue weighted by molar-refractivity contribution is 9.10. The summed E-state index contributed by atoms with van der Waals surface area (Å²) in [5.74, 6) is -0.321. The summed E-state index contributed by atoms with van der Waals surface area (Å²) in [6.07, 6.45) is 4.48. The number of nitrogens with one attached hydrogen (secondary N) is 1. The number of rotatable bonds is 6. The smallest absolute Gasteiger partial charge is 0.324 e. The summed E-state index contributed by atoms with van der Waals surface area (Å²) in [7, 11) is -2.27. The maximum atomic E-state index is 12.2. The van der Waals surface area contributed by atoms with Gasteiger partial charge in [0.1, 0.15) is 0 Å². The third-order valence-electron chi connectivity index (χ3n) is 4.11.